The molecule has 3 aromatic carbocycles. The van der Waals surface area contributed by atoms with E-state index in [1.807, 2.05) is 24.5 Å². The van der Waals surface area contributed by atoms with E-state index in [0.29, 0.717) is 0 Å². The fourth-order valence-electron chi connectivity index (χ4n) is 3.51. The van der Waals surface area contributed by atoms with Crippen LogP contribution >= 0.6 is 0 Å². The van der Waals surface area contributed by atoms with Gasteiger partial charge < -0.3 is 4.98 Å². The Kier molecular flexibility index (Phi) is 3.36. The van der Waals surface area contributed by atoms with Gasteiger partial charge in [0.1, 0.15) is 5.65 Å². The molecular weight excluding hydrogens is 316 g/mol. The molecular formula is C24H17N2. The lowest BCUT2D eigenvalue weighted by atomic mass is 9.99. The number of hydrogen-bond donors (Lipinski definition) is 1. The Bertz CT molecular complexity index is 1250. The van der Waals surface area contributed by atoms with Gasteiger partial charge in [0.25, 0.3) is 0 Å². The molecule has 5 aromatic rings. The summed E-state index contributed by atoms with van der Waals surface area (Å²) in [5.74, 6) is 0. The Morgan fingerprint density at radius 2 is 1.62 bits per heavy atom. The standard InChI is InChI=1S/C24H17N2/c1-16-5-4-8-20(11-16)23-15-26-24-22(23)13-21(14-25-24)19-10-9-17-6-2-3-7-18(17)12-19/h2-15H,1H2,(H,25,26). The highest BCUT2D eigenvalue weighted by molar-refractivity contribution is 5.96. The summed E-state index contributed by atoms with van der Waals surface area (Å²) in [6.07, 6.45) is 3.96. The molecule has 0 saturated carbocycles. The van der Waals surface area contributed by atoms with Crippen LogP contribution in [0.4, 0.5) is 0 Å². The predicted molar refractivity (Wildman–Crippen MR) is 109 cm³/mol. The van der Waals surface area contributed by atoms with Crippen molar-refractivity contribution >= 4 is 21.8 Å². The topological polar surface area (TPSA) is 28.7 Å². The van der Waals surface area contributed by atoms with E-state index < -0.39 is 0 Å². The molecule has 26 heavy (non-hydrogen) atoms. The van der Waals surface area contributed by atoms with Gasteiger partial charge in [0.15, 0.2) is 0 Å². The van der Waals surface area contributed by atoms with Crippen molar-refractivity contribution in [3.63, 3.8) is 0 Å². The summed E-state index contributed by atoms with van der Waals surface area (Å²) in [4.78, 5) is 7.92. The second-order valence-corrected chi connectivity index (χ2v) is 6.58. The molecule has 5 rings (SSSR count). The zero-order valence-corrected chi connectivity index (χ0v) is 14.2. The van der Waals surface area contributed by atoms with Crippen molar-refractivity contribution in [3.8, 4) is 22.3 Å². The molecule has 0 aliphatic carbocycles. The van der Waals surface area contributed by atoms with Gasteiger partial charge in [0.2, 0.25) is 0 Å². The Labute approximate surface area is 152 Å². The van der Waals surface area contributed by atoms with E-state index in [9.17, 15) is 0 Å². The van der Waals surface area contributed by atoms with Gasteiger partial charge in [0.05, 0.1) is 0 Å². The lowest BCUT2D eigenvalue weighted by Crippen LogP contribution is -1.84. The summed E-state index contributed by atoms with van der Waals surface area (Å²) in [5.41, 5.74) is 6.52. The number of aromatic amines is 1. The van der Waals surface area contributed by atoms with Crippen LogP contribution in [0, 0.1) is 6.92 Å². The molecule has 1 radical (unpaired) electrons. The molecule has 1 N–H and O–H groups in total. The van der Waals surface area contributed by atoms with E-state index in [-0.39, 0.29) is 0 Å². The quantitative estimate of drug-likeness (QED) is 0.407. The Morgan fingerprint density at radius 3 is 2.50 bits per heavy atom. The summed E-state index contributed by atoms with van der Waals surface area (Å²) in [6.45, 7) is 4.04. The van der Waals surface area contributed by atoms with Crippen molar-refractivity contribution in [2.45, 2.75) is 0 Å². The zero-order chi connectivity index (χ0) is 17.5. The summed E-state index contributed by atoms with van der Waals surface area (Å²) < 4.78 is 0. The molecule has 0 atom stereocenters. The summed E-state index contributed by atoms with van der Waals surface area (Å²) >= 11 is 0. The van der Waals surface area contributed by atoms with Gasteiger partial charge in [-0.1, -0.05) is 60.7 Å². The molecule has 0 saturated heterocycles. The Morgan fingerprint density at radius 1 is 0.731 bits per heavy atom. The average Bonchev–Trinajstić information content (AvgIpc) is 3.11. The first kappa shape index (κ1) is 14.9. The number of fused-ring (bicyclic) bond motifs is 2. The molecule has 0 amide bonds. The van der Waals surface area contributed by atoms with Gasteiger partial charge in [-0.2, -0.15) is 0 Å². The number of pyridine rings is 1. The molecule has 2 heteroatoms. The van der Waals surface area contributed by atoms with E-state index in [0.717, 1.165) is 33.3 Å². The molecule has 123 valence electrons. The summed E-state index contributed by atoms with van der Waals surface area (Å²) in [7, 11) is 0. The normalized spacial score (nSPS) is 11.3. The lowest BCUT2D eigenvalue weighted by Gasteiger charge is -2.06. The van der Waals surface area contributed by atoms with Gasteiger partial charge in [-0.3, -0.25) is 0 Å². The minimum atomic E-state index is 0.902. The maximum absolute atomic E-state index is 4.64. The summed E-state index contributed by atoms with van der Waals surface area (Å²) in [6, 6.07) is 25.5. The van der Waals surface area contributed by atoms with Crippen LogP contribution in [0.3, 0.4) is 0 Å². The predicted octanol–water partition coefficient (Wildman–Crippen LogP) is 6.23. The summed E-state index contributed by atoms with van der Waals surface area (Å²) in [5, 5.41) is 3.62. The van der Waals surface area contributed by atoms with E-state index in [2.05, 4.69) is 77.6 Å². The number of nitrogens with one attached hydrogen (secondary N) is 1. The number of H-pyrrole nitrogens is 1. The van der Waals surface area contributed by atoms with Crippen LogP contribution in [0.15, 0.2) is 85.2 Å². The molecule has 2 nitrogen and oxygen atoms in total. The van der Waals surface area contributed by atoms with Gasteiger partial charge in [-0.25, -0.2) is 4.98 Å². The second kappa shape index (κ2) is 5.85. The van der Waals surface area contributed by atoms with Crippen LogP contribution in [-0.4, -0.2) is 9.97 Å². The number of nitrogens with zero attached hydrogens (tertiary/aromatic N) is 1. The molecule has 2 heterocycles. The largest absolute Gasteiger partial charge is 0.346 e. The fraction of sp³-hybridized carbons (Fsp3) is 0. The molecule has 0 aliphatic rings. The van der Waals surface area contributed by atoms with E-state index in [1.54, 1.807) is 0 Å². The minimum absolute atomic E-state index is 0.902. The second-order valence-electron chi connectivity index (χ2n) is 6.58. The van der Waals surface area contributed by atoms with Crippen molar-refractivity contribution < 1.29 is 0 Å². The number of hydrogen-bond acceptors (Lipinski definition) is 1. The monoisotopic (exact) mass is 333 g/mol. The lowest BCUT2D eigenvalue weighted by molar-refractivity contribution is 1.33. The third-order valence-corrected chi connectivity index (χ3v) is 4.85. The van der Waals surface area contributed by atoms with Gasteiger partial charge in [-0.05, 0) is 46.5 Å². The molecule has 0 unspecified atom stereocenters. The number of aromatic nitrogens is 2. The first-order valence-corrected chi connectivity index (χ1v) is 8.67. The molecule has 0 spiro atoms. The van der Waals surface area contributed by atoms with Crippen molar-refractivity contribution in [1.82, 2.24) is 9.97 Å². The fourth-order valence-corrected chi connectivity index (χ4v) is 3.51. The maximum Gasteiger partial charge on any atom is 0.137 e. The molecule has 0 fully saturated rings. The SMILES string of the molecule is [CH2]c1cccc(-c2c[nH]c3ncc(-c4ccc5ccccc5c4)cc23)c1. The third-order valence-electron chi connectivity index (χ3n) is 4.85. The van der Waals surface area contributed by atoms with E-state index >= 15 is 0 Å². The third kappa shape index (κ3) is 2.47. The van der Waals surface area contributed by atoms with Gasteiger partial charge in [0, 0.05) is 28.9 Å². The highest BCUT2D eigenvalue weighted by Crippen LogP contribution is 2.32. The van der Waals surface area contributed by atoms with Crippen molar-refractivity contribution in [2.75, 3.05) is 0 Å². The van der Waals surface area contributed by atoms with Gasteiger partial charge >= 0.3 is 0 Å². The van der Waals surface area contributed by atoms with Gasteiger partial charge in [-0.15, -0.1) is 0 Å². The van der Waals surface area contributed by atoms with Crippen molar-refractivity contribution in [3.05, 3.63) is 97.7 Å². The van der Waals surface area contributed by atoms with Crippen LogP contribution in [0.2, 0.25) is 0 Å². The average molecular weight is 333 g/mol. The molecule has 0 bridgehead atoms. The van der Waals surface area contributed by atoms with Crippen LogP contribution in [0.5, 0.6) is 0 Å². The van der Waals surface area contributed by atoms with Crippen LogP contribution < -0.4 is 0 Å². The van der Waals surface area contributed by atoms with Crippen LogP contribution in [-0.2, 0) is 0 Å². The number of benzene rings is 3. The van der Waals surface area contributed by atoms with Crippen molar-refractivity contribution in [1.29, 1.82) is 0 Å². The Hall–Kier alpha value is -3.39. The highest BCUT2D eigenvalue weighted by Gasteiger charge is 2.09. The highest BCUT2D eigenvalue weighted by atomic mass is 14.8. The minimum Gasteiger partial charge on any atom is -0.346 e. The maximum atomic E-state index is 4.64. The first-order valence-electron chi connectivity index (χ1n) is 8.67. The van der Waals surface area contributed by atoms with E-state index in [1.165, 1.54) is 16.3 Å². The molecule has 2 aromatic heterocycles. The Balaban J connectivity index is 1.68. The molecule has 0 aliphatic heterocycles. The van der Waals surface area contributed by atoms with Crippen LogP contribution in [0.25, 0.3) is 44.1 Å². The zero-order valence-electron chi connectivity index (χ0n) is 14.2. The van der Waals surface area contributed by atoms with Crippen molar-refractivity contribution in [2.24, 2.45) is 0 Å². The first-order chi connectivity index (χ1) is 12.8. The smallest absolute Gasteiger partial charge is 0.137 e. The van der Waals surface area contributed by atoms with E-state index in [4.69, 9.17) is 0 Å². The van der Waals surface area contributed by atoms with Crippen LogP contribution in [0.1, 0.15) is 5.56 Å². The number of rotatable bonds is 2.